The van der Waals surface area contributed by atoms with Crippen LogP contribution in [0.2, 0.25) is 0 Å². The number of amides is 1. The number of fused-ring (bicyclic) bond motifs is 3. The minimum atomic E-state index is -2.95. The van der Waals surface area contributed by atoms with Gasteiger partial charge in [0.2, 0.25) is 5.91 Å². The molecule has 2 unspecified atom stereocenters. The van der Waals surface area contributed by atoms with Gasteiger partial charge in [0.1, 0.15) is 5.75 Å². The molecule has 0 aromatic heterocycles. The molecule has 3 aliphatic carbocycles. The first-order valence-electron chi connectivity index (χ1n) is 12.9. The van der Waals surface area contributed by atoms with E-state index < -0.39 is 88.1 Å². The zero-order chi connectivity index (χ0) is 29.2. The highest BCUT2D eigenvalue weighted by molar-refractivity contribution is 6.31. The maximum atomic E-state index is 13.9. The van der Waals surface area contributed by atoms with Crippen molar-refractivity contribution in [3.63, 3.8) is 0 Å². The van der Waals surface area contributed by atoms with Crippen molar-refractivity contribution in [3.8, 4) is 5.75 Å². The molecule has 0 heterocycles. The van der Waals surface area contributed by atoms with Gasteiger partial charge >= 0.3 is 5.97 Å². The van der Waals surface area contributed by atoms with Crippen molar-refractivity contribution in [2.24, 2.45) is 29.4 Å². The van der Waals surface area contributed by atoms with Crippen LogP contribution in [0.4, 0.5) is 0 Å². The van der Waals surface area contributed by atoms with Crippen LogP contribution < -0.4 is 5.73 Å². The minimum Gasteiger partial charge on any atom is -0.507 e. The van der Waals surface area contributed by atoms with Gasteiger partial charge in [0.15, 0.2) is 34.7 Å². The Morgan fingerprint density at radius 1 is 1.15 bits per heavy atom. The Labute approximate surface area is 224 Å². The molecule has 39 heavy (non-hydrogen) atoms. The van der Waals surface area contributed by atoms with Crippen molar-refractivity contribution in [3.05, 3.63) is 28.8 Å². The van der Waals surface area contributed by atoms with Crippen LogP contribution in [0.1, 0.15) is 74.4 Å². The summed E-state index contributed by atoms with van der Waals surface area (Å²) in [6, 6.07) is 3.32. The number of hydrogen-bond acceptors (Lipinski definition) is 10. The number of aliphatic hydroxyl groups is 2. The van der Waals surface area contributed by atoms with Crippen molar-refractivity contribution in [1.29, 1.82) is 0 Å². The summed E-state index contributed by atoms with van der Waals surface area (Å²) >= 11 is 0. The molecule has 0 saturated heterocycles. The summed E-state index contributed by atoms with van der Waals surface area (Å²) < 4.78 is 4.98. The van der Waals surface area contributed by atoms with Crippen LogP contribution in [0.5, 0.6) is 5.75 Å². The number of ether oxygens (including phenoxy) is 1. The Morgan fingerprint density at radius 2 is 1.79 bits per heavy atom. The normalized spacial score (nSPS) is 32.3. The van der Waals surface area contributed by atoms with E-state index in [-0.39, 0.29) is 17.9 Å². The second-order valence-electron chi connectivity index (χ2n) is 11.6. The Morgan fingerprint density at radius 3 is 2.38 bits per heavy atom. The first-order chi connectivity index (χ1) is 18.1. The molecule has 210 valence electrons. The van der Waals surface area contributed by atoms with Gasteiger partial charge in [0, 0.05) is 30.7 Å². The molecule has 2 saturated carbocycles. The van der Waals surface area contributed by atoms with E-state index in [1.807, 2.05) is 13.8 Å². The fraction of sp³-hybridized carbons (Fsp3) is 0.571. The number of esters is 1. The molecule has 4 rings (SSSR count). The van der Waals surface area contributed by atoms with Crippen LogP contribution in [0.3, 0.4) is 0 Å². The number of ketones is 4. The Hall–Kier alpha value is -3.44. The van der Waals surface area contributed by atoms with Crippen LogP contribution >= 0.6 is 0 Å². The smallest absolute Gasteiger partial charge is 0.302 e. The maximum Gasteiger partial charge on any atom is 0.302 e. The second-order valence-corrected chi connectivity index (χ2v) is 11.6. The first-order valence-corrected chi connectivity index (χ1v) is 12.9. The maximum absolute atomic E-state index is 13.9. The van der Waals surface area contributed by atoms with Gasteiger partial charge in [-0.15, -0.1) is 0 Å². The molecule has 1 aromatic carbocycles. The van der Waals surface area contributed by atoms with Gasteiger partial charge in [-0.3, -0.25) is 28.8 Å². The van der Waals surface area contributed by atoms with Crippen LogP contribution in [0, 0.1) is 23.7 Å². The minimum absolute atomic E-state index is 0.136. The Balaban J connectivity index is 1.76. The van der Waals surface area contributed by atoms with E-state index in [2.05, 4.69) is 0 Å². The van der Waals surface area contributed by atoms with Crippen molar-refractivity contribution in [1.82, 2.24) is 0 Å². The van der Waals surface area contributed by atoms with Crippen molar-refractivity contribution in [2.75, 3.05) is 6.61 Å². The fourth-order valence-electron chi connectivity index (χ4n) is 6.77. The lowest BCUT2D eigenvalue weighted by molar-refractivity contribution is -0.189. The highest BCUT2D eigenvalue weighted by Crippen LogP contribution is 2.54. The third-order valence-electron chi connectivity index (χ3n) is 8.84. The van der Waals surface area contributed by atoms with E-state index in [0.717, 1.165) is 0 Å². The lowest BCUT2D eigenvalue weighted by Crippen LogP contribution is -2.72. The average Bonchev–Trinajstić information content (AvgIpc) is 2.84. The molecule has 7 atom stereocenters. The lowest BCUT2D eigenvalue weighted by Gasteiger charge is -2.53. The van der Waals surface area contributed by atoms with Gasteiger partial charge in [-0.2, -0.15) is 0 Å². The topological polar surface area (TPSA) is 198 Å². The van der Waals surface area contributed by atoms with E-state index in [9.17, 15) is 44.1 Å². The van der Waals surface area contributed by atoms with Crippen LogP contribution in [-0.2, 0) is 34.1 Å². The van der Waals surface area contributed by atoms with Gasteiger partial charge < -0.3 is 25.8 Å². The molecule has 0 spiro atoms. The number of rotatable bonds is 6. The highest BCUT2D eigenvalue weighted by Gasteiger charge is 2.69. The average molecular weight is 544 g/mol. The zero-order valence-corrected chi connectivity index (χ0v) is 22.2. The van der Waals surface area contributed by atoms with Crippen molar-refractivity contribution >= 4 is 35.0 Å². The number of primary amides is 1. The Kier molecular flexibility index (Phi) is 7.06. The van der Waals surface area contributed by atoms with E-state index >= 15 is 0 Å². The summed E-state index contributed by atoms with van der Waals surface area (Å²) in [7, 11) is 0. The number of benzene rings is 1. The SMILES string of the molecule is CC(=O)OCCCC(C)(C)c1ccc2c(c1O)C(=O)C1C(=O)[C@]3(O)C(=O)C(C(N)=O)C(=O)C[C@@H]3[C@@H](O)[C@@H]1[C@H]2C. The molecule has 1 aromatic rings. The third kappa shape index (κ3) is 4.19. The molecule has 5 N–H and O–H groups in total. The predicted octanol–water partition coefficient (Wildman–Crippen LogP) is 0.480. The molecule has 0 bridgehead atoms. The molecular formula is C28H33NO10. The number of aromatic hydroxyl groups is 1. The van der Waals surface area contributed by atoms with E-state index in [0.29, 0.717) is 24.0 Å². The van der Waals surface area contributed by atoms with Gasteiger partial charge in [0.05, 0.1) is 24.2 Å². The molecule has 1 amide bonds. The van der Waals surface area contributed by atoms with Crippen LogP contribution in [0.15, 0.2) is 12.1 Å². The number of phenolic OH excluding ortho intramolecular Hbond substituents is 1. The second kappa shape index (κ2) is 9.63. The molecule has 11 nitrogen and oxygen atoms in total. The number of hydrogen-bond donors (Lipinski definition) is 4. The van der Waals surface area contributed by atoms with Crippen LogP contribution in [0.25, 0.3) is 0 Å². The summed E-state index contributed by atoms with van der Waals surface area (Å²) in [5.41, 5.74) is 2.24. The van der Waals surface area contributed by atoms with Crippen molar-refractivity contribution in [2.45, 2.75) is 70.0 Å². The predicted molar refractivity (Wildman–Crippen MR) is 133 cm³/mol. The van der Waals surface area contributed by atoms with Crippen molar-refractivity contribution < 1.29 is 48.8 Å². The number of carbonyl (C=O) groups is 6. The van der Waals surface area contributed by atoms with E-state index in [4.69, 9.17) is 10.5 Å². The number of carbonyl (C=O) groups excluding carboxylic acids is 6. The zero-order valence-electron chi connectivity index (χ0n) is 22.2. The third-order valence-corrected chi connectivity index (χ3v) is 8.84. The standard InChI is InChI=1S/C28H33NO10/c1-11-13-6-7-14(27(3,4)8-5-9-39-12(2)30)21(32)18(13)23(34)20-17(11)22(33)15-10-16(31)19(26(29)37)24(35)28(15,38)25(20)36/h6-7,11,15,17,19-20,22,32-33,38H,5,8-10H2,1-4H3,(H2,29,37)/t11-,15+,17+,19?,20?,22+,28+/m0/s1. The lowest BCUT2D eigenvalue weighted by atomic mass is 9.50. The molecular weight excluding hydrogens is 510 g/mol. The quantitative estimate of drug-likeness (QED) is 0.222. The van der Waals surface area contributed by atoms with Crippen LogP contribution in [-0.4, -0.2) is 68.6 Å². The monoisotopic (exact) mass is 543 g/mol. The molecule has 2 fully saturated rings. The number of Topliss-reactive ketones (excluding diaryl/α,β-unsaturated/α-hetero) is 4. The first kappa shape index (κ1) is 28.6. The fourth-order valence-corrected chi connectivity index (χ4v) is 6.77. The summed E-state index contributed by atoms with van der Waals surface area (Å²) in [6.07, 6.45) is -1.27. The van der Waals surface area contributed by atoms with Gasteiger partial charge in [-0.05, 0) is 29.7 Å². The summed E-state index contributed by atoms with van der Waals surface area (Å²) in [5, 5.41) is 34.0. The van der Waals surface area contributed by atoms with Gasteiger partial charge in [-0.1, -0.05) is 32.9 Å². The molecule has 3 aliphatic rings. The molecule has 0 aliphatic heterocycles. The highest BCUT2D eigenvalue weighted by atomic mass is 16.5. The van der Waals surface area contributed by atoms with Gasteiger partial charge in [-0.25, -0.2) is 0 Å². The molecule has 0 radical (unpaired) electrons. The van der Waals surface area contributed by atoms with E-state index in [1.165, 1.54) is 6.92 Å². The van der Waals surface area contributed by atoms with Gasteiger partial charge in [0.25, 0.3) is 0 Å². The Bertz CT molecular complexity index is 1300. The largest absolute Gasteiger partial charge is 0.507 e. The number of aliphatic hydroxyl groups excluding tert-OH is 1. The summed E-state index contributed by atoms with van der Waals surface area (Å²) in [4.78, 5) is 76.1. The number of nitrogens with two attached hydrogens (primary N) is 1. The molecule has 11 heteroatoms. The summed E-state index contributed by atoms with van der Waals surface area (Å²) in [6.45, 7) is 6.82. The summed E-state index contributed by atoms with van der Waals surface area (Å²) in [5.74, 6) is -13.5. The van der Waals surface area contributed by atoms with E-state index in [1.54, 1.807) is 19.1 Å². The number of phenols is 1.